The summed E-state index contributed by atoms with van der Waals surface area (Å²) in [6.07, 6.45) is 7.79. The predicted molar refractivity (Wildman–Crippen MR) is 100 cm³/mol. The highest BCUT2D eigenvalue weighted by Gasteiger charge is 2.13. The summed E-state index contributed by atoms with van der Waals surface area (Å²) in [7, 11) is 0. The number of thioether (sulfide) groups is 2. The van der Waals surface area contributed by atoms with Gasteiger partial charge in [-0.3, -0.25) is 4.98 Å². The molecule has 4 aromatic rings. The third-order valence-electron chi connectivity index (χ3n) is 3.92. The van der Waals surface area contributed by atoms with Crippen LogP contribution in [0, 0.1) is 0 Å². The Kier molecular flexibility index (Phi) is 3.75. The van der Waals surface area contributed by atoms with Crippen molar-refractivity contribution in [2.45, 2.75) is 9.79 Å². The van der Waals surface area contributed by atoms with Crippen molar-refractivity contribution in [2.24, 2.45) is 0 Å². The molecular formula is C18H15N3S2. The molecule has 5 heteroatoms. The van der Waals surface area contributed by atoms with E-state index in [1.165, 1.54) is 20.6 Å². The van der Waals surface area contributed by atoms with Crippen LogP contribution in [-0.2, 0) is 0 Å². The molecule has 0 aliphatic carbocycles. The second kappa shape index (κ2) is 5.91. The van der Waals surface area contributed by atoms with Gasteiger partial charge < -0.3 is 4.98 Å². The van der Waals surface area contributed by atoms with Crippen LogP contribution in [0.25, 0.3) is 33.2 Å². The molecule has 0 aliphatic rings. The molecule has 0 bridgehead atoms. The molecule has 0 atom stereocenters. The monoisotopic (exact) mass is 337 g/mol. The van der Waals surface area contributed by atoms with Crippen molar-refractivity contribution in [3.8, 4) is 11.4 Å². The van der Waals surface area contributed by atoms with Gasteiger partial charge in [-0.2, -0.15) is 0 Å². The quantitative estimate of drug-likeness (QED) is 0.520. The van der Waals surface area contributed by atoms with Gasteiger partial charge in [0.1, 0.15) is 11.3 Å². The predicted octanol–water partition coefficient (Wildman–Crippen LogP) is 5.22. The summed E-state index contributed by atoms with van der Waals surface area (Å²) in [5.41, 5.74) is 3.05. The van der Waals surface area contributed by atoms with Crippen molar-refractivity contribution in [3.05, 3.63) is 48.8 Å². The second-order valence-electron chi connectivity index (χ2n) is 5.21. The number of aromatic amines is 1. The summed E-state index contributed by atoms with van der Waals surface area (Å²) in [5, 5.41) is 2.54. The van der Waals surface area contributed by atoms with Crippen LogP contribution in [0.5, 0.6) is 0 Å². The van der Waals surface area contributed by atoms with E-state index in [1.54, 1.807) is 35.9 Å². The number of imidazole rings is 1. The Morgan fingerprint density at radius 2 is 1.91 bits per heavy atom. The van der Waals surface area contributed by atoms with Crippen LogP contribution in [0.15, 0.2) is 58.6 Å². The molecule has 0 spiro atoms. The number of hydrogen-bond donors (Lipinski definition) is 1. The third-order valence-corrected chi connectivity index (χ3v) is 5.50. The Balaban J connectivity index is 1.95. The number of rotatable bonds is 3. The maximum atomic E-state index is 4.70. The Labute approximate surface area is 142 Å². The molecule has 0 aliphatic heterocycles. The van der Waals surface area contributed by atoms with E-state index in [0.717, 1.165) is 22.4 Å². The lowest BCUT2D eigenvalue weighted by atomic mass is 10.1. The first-order valence-electron chi connectivity index (χ1n) is 7.25. The van der Waals surface area contributed by atoms with Crippen LogP contribution in [0.3, 0.4) is 0 Å². The lowest BCUT2D eigenvalue weighted by molar-refractivity contribution is 1.30. The van der Waals surface area contributed by atoms with Crippen LogP contribution in [0.2, 0.25) is 0 Å². The number of H-pyrrole nitrogens is 1. The molecule has 0 saturated carbocycles. The molecule has 0 saturated heterocycles. The zero-order chi connectivity index (χ0) is 15.8. The van der Waals surface area contributed by atoms with Crippen LogP contribution in [-0.4, -0.2) is 27.5 Å². The minimum absolute atomic E-state index is 0.896. The lowest BCUT2D eigenvalue weighted by Crippen LogP contribution is -1.87. The first-order valence-corrected chi connectivity index (χ1v) is 9.70. The van der Waals surface area contributed by atoms with Crippen molar-refractivity contribution < 1.29 is 0 Å². The Morgan fingerprint density at radius 1 is 1.00 bits per heavy atom. The average Bonchev–Trinajstić information content (AvgIpc) is 3.04. The van der Waals surface area contributed by atoms with Gasteiger partial charge in [0, 0.05) is 21.6 Å². The van der Waals surface area contributed by atoms with E-state index < -0.39 is 0 Å². The molecule has 1 N–H and O–H groups in total. The fourth-order valence-electron chi connectivity index (χ4n) is 2.80. The average molecular weight is 337 g/mol. The highest BCUT2D eigenvalue weighted by Crippen LogP contribution is 2.37. The van der Waals surface area contributed by atoms with Gasteiger partial charge in [-0.25, -0.2) is 4.98 Å². The smallest absolute Gasteiger partial charge is 0.139 e. The highest BCUT2D eigenvalue weighted by atomic mass is 32.2. The Hall–Kier alpha value is -1.98. The molecule has 2 heterocycles. The number of aromatic nitrogens is 3. The van der Waals surface area contributed by atoms with E-state index >= 15 is 0 Å². The summed E-state index contributed by atoms with van der Waals surface area (Å²) in [5.74, 6) is 0.896. The van der Waals surface area contributed by atoms with Crippen LogP contribution >= 0.6 is 23.5 Å². The van der Waals surface area contributed by atoms with E-state index in [1.807, 2.05) is 6.07 Å². The number of benzene rings is 2. The molecule has 3 nitrogen and oxygen atoms in total. The maximum Gasteiger partial charge on any atom is 0.139 e. The molecule has 4 rings (SSSR count). The van der Waals surface area contributed by atoms with Crippen molar-refractivity contribution >= 4 is 45.3 Å². The van der Waals surface area contributed by atoms with Gasteiger partial charge in [-0.1, -0.05) is 12.1 Å². The van der Waals surface area contributed by atoms with Crippen LogP contribution in [0.4, 0.5) is 0 Å². The largest absolute Gasteiger partial charge is 0.338 e. The normalized spacial score (nSPS) is 11.4. The molecule has 23 heavy (non-hydrogen) atoms. The van der Waals surface area contributed by atoms with Crippen molar-refractivity contribution in [2.75, 3.05) is 12.5 Å². The molecule has 2 aromatic carbocycles. The third kappa shape index (κ3) is 2.50. The van der Waals surface area contributed by atoms with E-state index in [9.17, 15) is 0 Å². The van der Waals surface area contributed by atoms with Gasteiger partial charge in [-0.05, 0) is 47.5 Å². The first kappa shape index (κ1) is 14.6. The topological polar surface area (TPSA) is 41.6 Å². The summed E-state index contributed by atoms with van der Waals surface area (Å²) >= 11 is 3.53. The zero-order valence-corrected chi connectivity index (χ0v) is 14.5. The number of fused-ring (bicyclic) bond motifs is 2. The van der Waals surface area contributed by atoms with Gasteiger partial charge >= 0.3 is 0 Å². The Bertz CT molecular complexity index is 975. The SMILES string of the molecule is CSc1ccc2c(SC)c(-c3nc4cnccc4[nH]3)ccc2c1. The van der Waals surface area contributed by atoms with E-state index in [4.69, 9.17) is 4.98 Å². The second-order valence-corrected chi connectivity index (χ2v) is 6.91. The standard InChI is InChI=1S/C18H15N3S2/c1-22-12-4-6-13-11(9-12)3-5-14(17(13)23-2)18-20-15-7-8-19-10-16(15)21-18/h3-10H,1-2H3,(H,20,21). The van der Waals surface area contributed by atoms with E-state index in [0.29, 0.717) is 0 Å². The van der Waals surface area contributed by atoms with Crippen molar-refractivity contribution in [3.63, 3.8) is 0 Å². The number of pyridine rings is 1. The molecule has 0 amide bonds. The molecular weight excluding hydrogens is 322 g/mol. The fraction of sp³-hybridized carbons (Fsp3) is 0.111. The molecule has 2 aromatic heterocycles. The molecule has 0 unspecified atom stereocenters. The lowest BCUT2D eigenvalue weighted by Gasteiger charge is -2.10. The van der Waals surface area contributed by atoms with Crippen LogP contribution < -0.4 is 0 Å². The minimum Gasteiger partial charge on any atom is -0.338 e. The highest BCUT2D eigenvalue weighted by molar-refractivity contribution is 7.99. The molecule has 0 fully saturated rings. The number of hydrogen-bond acceptors (Lipinski definition) is 4. The summed E-state index contributed by atoms with van der Waals surface area (Å²) in [6, 6.07) is 12.9. The number of nitrogens with zero attached hydrogens (tertiary/aromatic N) is 2. The minimum atomic E-state index is 0.896. The van der Waals surface area contributed by atoms with E-state index in [-0.39, 0.29) is 0 Å². The zero-order valence-electron chi connectivity index (χ0n) is 12.8. The van der Waals surface area contributed by atoms with Crippen LogP contribution in [0.1, 0.15) is 0 Å². The van der Waals surface area contributed by atoms with Gasteiger partial charge in [-0.15, -0.1) is 23.5 Å². The molecule has 114 valence electrons. The number of nitrogens with one attached hydrogen (secondary N) is 1. The maximum absolute atomic E-state index is 4.70. The van der Waals surface area contributed by atoms with Gasteiger partial charge in [0.05, 0.1) is 11.7 Å². The molecule has 0 radical (unpaired) electrons. The fourth-order valence-corrected chi connectivity index (χ4v) is 4.04. The van der Waals surface area contributed by atoms with Gasteiger partial charge in [0.15, 0.2) is 0 Å². The summed E-state index contributed by atoms with van der Waals surface area (Å²) < 4.78 is 0. The van der Waals surface area contributed by atoms with Gasteiger partial charge in [0.25, 0.3) is 0 Å². The Morgan fingerprint density at radius 3 is 2.70 bits per heavy atom. The van der Waals surface area contributed by atoms with Crippen molar-refractivity contribution in [1.82, 2.24) is 15.0 Å². The van der Waals surface area contributed by atoms with E-state index in [2.05, 4.69) is 52.8 Å². The van der Waals surface area contributed by atoms with Crippen molar-refractivity contribution in [1.29, 1.82) is 0 Å². The first-order chi connectivity index (χ1) is 11.3. The summed E-state index contributed by atoms with van der Waals surface area (Å²) in [6.45, 7) is 0. The summed E-state index contributed by atoms with van der Waals surface area (Å²) in [4.78, 5) is 14.8. The van der Waals surface area contributed by atoms with Gasteiger partial charge in [0.2, 0.25) is 0 Å².